The predicted octanol–water partition coefficient (Wildman–Crippen LogP) is 2.54. The Kier molecular flexibility index (Phi) is 2.95. The molecule has 4 heteroatoms. The zero-order valence-electron chi connectivity index (χ0n) is 8.53. The first kappa shape index (κ1) is 10.5. The summed E-state index contributed by atoms with van der Waals surface area (Å²) in [6, 6.07) is 8.25. The van der Waals surface area contributed by atoms with E-state index in [0.717, 1.165) is 17.4 Å². The summed E-state index contributed by atoms with van der Waals surface area (Å²) in [4.78, 5) is 13.2. The number of rotatable bonds is 1. The Morgan fingerprint density at radius 2 is 2.07 bits per heavy atom. The number of halogens is 1. The Hall–Kier alpha value is -1.03. The molecule has 0 radical (unpaired) electrons. The average Bonchev–Trinajstić information content (AvgIpc) is 2.23. The standard InChI is InChI=1S/C11H13BrN2O/c1-14-7-6-10(13-11(14)15)8-2-4-9(12)5-3-8/h2-5,10H,6-7H2,1H3,(H,13,15). The zero-order valence-corrected chi connectivity index (χ0v) is 10.1. The normalized spacial score (nSPS) is 21.3. The van der Waals surface area contributed by atoms with Crippen LogP contribution in [0.2, 0.25) is 0 Å². The summed E-state index contributed by atoms with van der Waals surface area (Å²) in [6.45, 7) is 0.812. The van der Waals surface area contributed by atoms with E-state index < -0.39 is 0 Å². The second kappa shape index (κ2) is 4.23. The second-order valence-electron chi connectivity index (χ2n) is 3.76. The third-order valence-corrected chi connectivity index (χ3v) is 3.20. The lowest BCUT2D eigenvalue weighted by atomic mass is 10.0. The highest BCUT2D eigenvalue weighted by molar-refractivity contribution is 9.10. The van der Waals surface area contributed by atoms with Crippen LogP contribution in [-0.4, -0.2) is 24.5 Å². The fraction of sp³-hybridized carbons (Fsp3) is 0.364. The molecule has 1 aromatic rings. The Bertz CT molecular complexity index is 363. The molecule has 1 N–H and O–H groups in total. The highest BCUT2D eigenvalue weighted by Crippen LogP contribution is 2.22. The minimum absolute atomic E-state index is 0.00849. The highest BCUT2D eigenvalue weighted by atomic mass is 79.9. The minimum atomic E-state index is 0.00849. The molecule has 1 unspecified atom stereocenters. The van der Waals surface area contributed by atoms with Gasteiger partial charge in [-0.25, -0.2) is 4.79 Å². The van der Waals surface area contributed by atoms with Crippen molar-refractivity contribution in [2.75, 3.05) is 13.6 Å². The molecule has 1 heterocycles. The molecule has 0 bridgehead atoms. The Morgan fingerprint density at radius 1 is 1.40 bits per heavy atom. The van der Waals surface area contributed by atoms with Gasteiger partial charge in [0.1, 0.15) is 0 Å². The van der Waals surface area contributed by atoms with E-state index in [2.05, 4.69) is 21.2 Å². The molecular formula is C11H13BrN2O. The maximum absolute atomic E-state index is 11.5. The van der Waals surface area contributed by atoms with Gasteiger partial charge in [0.05, 0.1) is 6.04 Å². The first-order valence-electron chi connectivity index (χ1n) is 4.94. The van der Waals surface area contributed by atoms with Crippen LogP contribution < -0.4 is 5.32 Å². The molecule has 3 nitrogen and oxygen atoms in total. The first-order valence-corrected chi connectivity index (χ1v) is 5.73. The molecule has 0 spiro atoms. The third kappa shape index (κ3) is 2.31. The average molecular weight is 269 g/mol. The summed E-state index contributed by atoms with van der Waals surface area (Å²) < 4.78 is 1.06. The highest BCUT2D eigenvalue weighted by Gasteiger charge is 2.22. The maximum atomic E-state index is 11.5. The van der Waals surface area contributed by atoms with Gasteiger partial charge in [0.25, 0.3) is 0 Å². The Morgan fingerprint density at radius 3 is 2.67 bits per heavy atom. The molecule has 1 saturated heterocycles. The molecule has 0 aliphatic carbocycles. The Balaban J connectivity index is 2.12. The van der Waals surface area contributed by atoms with Gasteiger partial charge in [-0.3, -0.25) is 0 Å². The summed E-state index contributed by atoms with van der Waals surface area (Å²) in [5, 5.41) is 2.97. The van der Waals surface area contributed by atoms with E-state index in [1.54, 1.807) is 4.90 Å². The second-order valence-corrected chi connectivity index (χ2v) is 4.68. The molecule has 0 aromatic heterocycles. The quantitative estimate of drug-likeness (QED) is 0.834. The van der Waals surface area contributed by atoms with E-state index in [1.807, 2.05) is 31.3 Å². The van der Waals surface area contributed by atoms with Crippen LogP contribution in [0.5, 0.6) is 0 Å². The summed E-state index contributed by atoms with van der Waals surface area (Å²) in [7, 11) is 1.81. The van der Waals surface area contributed by atoms with E-state index in [0.29, 0.717) is 0 Å². The molecule has 80 valence electrons. The fourth-order valence-electron chi connectivity index (χ4n) is 1.70. The van der Waals surface area contributed by atoms with Crippen molar-refractivity contribution in [3.63, 3.8) is 0 Å². The molecule has 2 rings (SSSR count). The van der Waals surface area contributed by atoms with Crippen LogP contribution >= 0.6 is 15.9 Å². The van der Waals surface area contributed by atoms with E-state index in [1.165, 1.54) is 5.56 Å². The van der Waals surface area contributed by atoms with Crippen LogP contribution in [0.4, 0.5) is 4.79 Å². The lowest BCUT2D eigenvalue weighted by Crippen LogP contribution is -2.45. The van der Waals surface area contributed by atoms with Crippen LogP contribution in [0.25, 0.3) is 0 Å². The number of nitrogens with one attached hydrogen (secondary N) is 1. The number of nitrogens with zero attached hydrogens (tertiary/aromatic N) is 1. The number of carbonyl (C=O) groups is 1. The molecular weight excluding hydrogens is 256 g/mol. The van der Waals surface area contributed by atoms with Crippen molar-refractivity contribution in [2.45, 2.75) is 12.5 Å². The van der Waals surface area contributed by atoms with Gasteiger partial charge in [-0.2, -0.15) is 0 Å². The van der Waals surface area contributed by atoms with Gasteiger partial charge in [0.15, 0.2) is 0 Å². The van der Waals surface area contributed by atoms with E-state index >= 15 is 0 Å². The van der Waals surface area contributed by atoms with E-state index in [4.69, 9.17) is 0 Å². The topological polar surface area (TPSA) is 32.3 Å². The smallest absolute Gasteiger partial charge is 0.317 e. The van der Waals surface area contributed by atoms with Crippen molar-refractivity contribution >= 4 is 22.0 Å². The molecule has 1 aliphatic heterocycles. The van der Waals surface area contributed by atoms with Crippen molar-refractivity contribution in [2.24, 2.45) is 0 Å². The van der Waals surface area contributed by atoms with Crippen LogP contribution in [-0.2, 0) is 0 Å². The minimum Gasteiger partial charge on any atom is -0.331 e. The van der Waals surface area contributed by atoms with Crippen LogP contribution in [0.15, 0.2) is 28.7 Å². The van der Waals surface area contributed by atoms with Gasteiger partial charge in [-0.15, -0.1) is 0 Å². The summed E-state index contributed by atoms with van der Waals surface area (Å²) >= 11 is 3.40. The van der Waals surface area contributed by atoms with Gasteiger partial charge in [0, 0.05) is 18.1 Å². The molecule has 2 amide bonds. The van der Waals surface area contributed by atoms with E-state index in [9.17, 15) is 4.79 Å². The molecule has 1 atom stereocenters. The van der Waals surface area contributed by atoms with Crippen molar-refractivity contribution < 1.29 is 4.79 Å². The lowest BCUT2D eigenvalue weighted by molar-refractivity contribution is 0.187. The van der Waals surface area contributed by atoms with Crippen molar-refractivity contribution in [3.8, 4) is 0 Å². The van der Waals surface area contributed by atoms with Gasteiger partial charge in [0.2, 0.25) is 0 Å². The number of amides is 2. The zero-order chi connectivity index (χ0) is 10.8. The maximum Gasteiger partial charge on any atom is 0.317 e. The molecule has 1 fully saturated rings. The molecule has 1 aromatic carbocycles. The van der Waals surface area contributed by atoms with Crippen LogP contribution in [0.1, 0.15) is 18.0 Å². The molecule has 1 aliphatic rings. The number of benzene rings is 1. The lowest BCUT2D eigenvalue weighted by Gasteiger charge is -2.30. The summed E-state index contributed by atoms with van der Waals surface area (Å²) in [6.07, 6.45) is 0.962. The number of urea groups is 1. The van der Waals surface area contributed by atoms with Crippen molar-refractivity contribution in [3.05, 3.63) is 34.3 Å². The van der Waals surface area contributed by atoms with Gasteiger partial charge in [-0.1, -0.05) is 28.1 Å². The SMILES string of the molecule is CN1CCC(c2ccc(Br)cc2)NC1=O. The van der Waals surface area contributed by atoms with Crippen LogP contribution in [0, 0.1) is 0 Å². The number of hydrogen-bond donors (Lipinski definition) is 1. The predicted molar refractivity (Wildman–Crippen MR) is 62.7 cm³/mol. The van der Waals surface area contributed by atoms with Gasteiger partial charge in [-0.05, 0) is 24.1 Å². The van der Waals surface area contributed by atoms with Gasteiger partial charge >= 0.3 is 6.03 Å². The molecule has 15 heavy (non-hydrogen) atoms. The summed E-state index contributed by atoms with van der Waals surface area (Å²) in [5.74, 6) is 0. The largest absolute Gasteiger partial charge is 0.331 e. The van der Waals surface area contributed by atoms with E-state index in [-0.39, 0.29) is 12.1 Å². The third-order valence-electron chi connectivity index (χ3n) is 2.67. The Labute approximate surface area is 97.6 Å². The summed E-state index contributed by atoms with van der Waals surface area (Å²) in [5.41, 5.74) is 1.17. The monoisotopic (exact) mass is 268 g/mol. The van der Waals surface area contributed by atoms with Crippen LogP contribution in [0.3, 0.4) is 0 Å². The fourth-order valence-corrected chi connectivity index (χ4v) is 1.97. The van der Waals surface area contributed by atoms with Crippen molar-refractivity contribution in [1.29, 1.82) is 0 Å². The van der Waals surface area contributed by atoms with Crippen molar-refractivity contribution in [1.82, 2.24) is 10.2 Å². The number of hydrogen-bond acceptors (Lipinski definition) is 1. The molecule has 0 saturated carbocycles. The first-order chi connectivity index (χ1) is 7.16. The number of carbonyl (C=O) groups excluding carboxylic acids is 1. The van der Waals surface area contributed by atoms with Gasteiger partial charge < -0.3 is 10.2 Å².